The van der Waals surface area contributed by atoms with E-state index in [2.05, 4.69) is 38.2 Å². The highest BCUT2D eigenvalue weighted by molar-refractivity contribution is 5.69. The van der Waals surface area contributed by atoms with Crippen LogP contribution in [-0.4, -0.2) is 12.6 Å². The number of allylic oxidation sites excluding steroid dienone is 4. The molecule has 0 atom stereocenters. The molecular formula is C44H84O2. The number of carbonyl (C=O) groups excluding carboxylic acids is 1. The van der Waals surface area contributed by atoms with Crippen molar-refractivity contribution in [2.75, 3.05) is 6.61 Å². The molecule has 0 saturated heterocycles. The molecule has 0 spiro atoms. The second-order valence-corrected chi connectivity index (χ2v) is 14.3. The first-order chi connectivity index (χ1) is 22.8. The van der Waals surface area contributed by atoms with E-state index in [1.165, 1.54) is 212 Å². The molecule has 0 aromatic rings. The van der Waals surface area contributed by atoms with Crippen molar-refractivity contribution in [1.29, 1.82) is 0 Å². The number of ether oxygens (including phenoxy) is 1. The maximum absolute atomic E-state index is 12.0. The molecule has 0 saturated carbocycles. The van der Waals surface area contributed by atoms with Gasteiger partial charge in [-0.05, 0) is 64.2 Å². The monoisotopic (exact) mass is 645 g/mol. The number of hydrogen-bond acceptors (Lipinski definition) is 2. The summed E-state index contributed by atoms with van der Waals surface area (Å²) in [6.45, 7) is 5.20. The van der Waals surface area contributed by atoms with Crippen LogP contribution in [0, 0.1) is 0 Å². The molecule has 0 aromatic carbocycles. The van der Waals surface area contributed by atoms with Crippen molar-refractivity contribution in [2.45, 2.75) is 245 Å². The van der Waals surface area contributed by atoms with Crippen LogP contribution in [0.3, 0.4) is 0 Å². The number of rotatable bonds is 39. The number of carbonyl (C=O) groups is 1. The van der Waals surface area contributed by atoms with Crippen LogP contribution in [0.2, 0.25) is 0 Å². The molecule has 272 valence electrons. The SMILES string of the molecule is CCCCCCCC/C=C\CCCCCCCCCCCCCC(=O)OCCCCCCCCCC/C=C\CCCCCCCC. The lowest BCUT2D eigenvalue weighted by molar-refractivity contribution is -0.143. The standard InChI is InChI=1S/C44H84O2/c1-3-5-7-9-11-13-15-17-19-21-23-24-25-26-28-30-32-34-36-38-40-42-44(45)46-43-41-39-37-35-33-31-29-27-22-20-18-16-14-12-10-8-6-4-2/h17-20H,3-16,21-43H2,1-2H3/b19-17-,20-18-. The summed E-state index contributed by atoms with van der Waals surface area (Å²) in [7, 11) is 0. The molecule has 0 aliphatic carbocycles. The van der Waals surface area contributed by atoms with E-state index in [1.54, 1.807) is 0 Å². The molecule has 46 heavy (non-hydrogen) atoms. The Morgan fingerprint density at radius 1 is 0.348 bits per heavy atom. The maximum Gasteiger partial charge on any atom is 0.305 e. The van der Waals surface area contributed by atoms with Crippen LogP contribution in [-0.2, 0) is 9.53 Å². The Kier molecular flexibility index (Phi) is 41.0. The lowest BCUT2D eigenvalue weighted by Crippen LogP contribution is -2.05. The third-order valence-electron chi connectivity index (χ3n) is 9.56. The molecule has 0 aromatic heterocycles. The highest BCUT2D eigenvalue weighted by Crippen LogP contribution is 2.15. The second kappa shape index (κ2) is 42.0. The molecule has 0 radical (unpaired) electrons. The van der Waals surface area contributed by atoms with Crippen molar-refractivity contribution in [2.24, 2.45) is 0 Å². The zero-order valence-corrected chi connectivity index (χ0v) is 31.8. The Hall–Kier alpha value is -1.05. The van der Waals surface area contributed by atoms with Crippen LogP contribution in [0.5, 0.6) is 0 Å². The highest BCUT2D eigenvalue weighted by atomic mass is 16.5. The maximum atomic E-state index is 12.0. The fourth-order valence-corrected chi connectivity index (χ4v) is 6.36. The Bertz CT molecular complexity index is 621. The van der Waals surface area contributed by atoms with Gasteiger partial charge in [-0.3, -0.25) is 4.79 Å². The zero-order chi connectivity index (χ0) is 33.3. The van der Waals surface area contributed by atoms with Gasteiger partial charge >= 0.3 is 5.97 Å². The van der Waals surface area contributed by atoms with Gasteiger partial charge in [0, 0.05) is 6.42 Å². The van der Waals surface area contributed by atoms with Crippen LogP contribution in [0.15, 0.2) is 24.3 Å². The van der Waals surface area contributed by atoms with Crippen molar-refractivity contribution >= 4 is 5.97 Å². The molecule has 2 heteroatoms. The van der Waals surface area contributed by atoms with Gasteiger partial charge in [0.25, 0.3) is 0 Å². The molecule has 0 aliphatic rings. The number of hydrogen-bond donors (Lipinski definition) is 0. The predicted molar refractivity (Wildman–Crippen MR) is 207 cm³/mol. The van der Waals surface area contributed by atoms with Crippen molar-refractivity contribution < 1.29 is 9.53 Å². The van der Waals surface area contributed by atoms with Crippen LogP contribution in [0.25, 0.3) is 0 Å². The molecule has 0 amide bonds. The van der Waals surface area contributed by atoms with E-state index in [1.807, 2.05) is 0 Å². The number of unbranched alkanes of at least 4 members (excludes halogenated alkanes) is 31. The Balaban J connectivity index is 3.20. The molecule has 0 N–H and O–H groups in total. The summed E-state index contributed by atoms with van der Waals surface area (Å²) in [6.07, 6.45) is 57.0. The minimum Gasteiger partial charge on any atom is -0.466 e. The van der Waals surface area contributed by atoms with Gasteiger partial charge in [-0.25, -0.2) is 0 Å². The first kappa shape index (κ1) is 45.0. The van der Waals surface area contributed by atoms with E-state index in [-0.39, 0.29) is 5.97 Å². The number of esters is 1. The molecular weight excluding hydrogens is 560 g/mol. The fraction of sp³-hybridized carbons (Fsp3) is 0.886. The summed E-state index contributed by atoms with van der Waals surface area (Å²) in [4.78, 5) is 12.0. The Morgan fingerprint density at radius 2 is 0.609 bits per heavy atom. The average molecular weight is 645 g/mol. The fourth-order valence-electron chi connectivity index (χ4n) is 6.36. The Labute approximate surface area is 290 Å². The van der Waals surface area contributed by atoms with Crippen molar-refractivity contribution in [3.8, 4) is 0 Å². The van der Waals surface area contributed by atoms with E-state index in [0.717, 1.165) is 12.8 Å². The molecule has 2 nitrogen and oxygen atoms in total. The predicted octanol–water partition coefficient (Wildman–Crippen LogP) is 15.7. The first-order valence-corrected chi connectivity index (χ1v) is 21.3. The van der Waals surface area contributed by atoms with E-state index in [4.69, 9.17) is 4.74 Å². The smallest absolute Gasteiger partial charge is 0.305 e. The van der Waals surface area contributed by atoms with Crippen molar-refractivity contribution in [3.05, 3.63) is 24.3 Å². The topological polar surface area (TPSA) is 26.3 Å². The lowest BCUT2D eigenvalue weighted by Gasteiger charge is -2.06. The van der Waals surface area contributed by atoms with E-state index in [9.17, 15) is 4.79 Å². The van der Waals surface area contributed by atoms with Crippen LogP contribution in [0.4, 0.5) is 0 Å². The van der Waals surface area contributed by atoms with Gasteiger partial charge in [0.15, 0.2) is 0 Å². The van der Waals surface area contributed by atoms with Crippen molar-refractivity contribution in [3.63, 3.8) is 0 Å². The summed E-state index contributed by atoms with van der Waals surface area (Å²) < 4.78 is 5.47. The summed E-state index contributed by atoms with van der Waals surface area (Å²) in [5, 5.41) is 0. The van der Waals surface area contributed by atoms with Crippen LogP contribution in [0.1, 0.15) is 245 Å². The molecule has 0 unspecified atom stereocenters. The van der Waals surface area contributed by atoms with Gasteiger partial charge in [0.05, 0.1) is 6.61 Å². The third-order valence-corrected chi connectivity index (χ3v) is 9.56. The van der Waals surface area contributed by atoms with Crippen LogP contribution < -0.4 is 0 Å². The molecule has 0 fully saturated rings. The first-order valence-electron chi connectivity index (χ1n) is 21.3. The summed E-state index contributed by atoms with van der Waals surface area (Å²) >= 11 is 0. The summed E-state index contributed by atoms with van der Waals surface area (Å²) in [5.74, 6) is 0.0225. The largest absolute Gasteiger partial charge is 0.466 e. The second-order valence-electron chi connectivity index (χ2n) is 14.3. The average Bonchev–Trinajstić information content (AvgIpc) is 3.06. The van der Waals surface area contributed by atoms with Crippen molar-refractivity contribution in [1.82, 2.24) is 0 Å². The van der Waals surface area contributed by atoms with Gasteiger partial charge < -0.3 is 4.74 Å². The highest BCUT2D eigenvalue weighted by Gasteiger charge is 2.03. The Morgan fingerprint density at radius 3 is 0.935 bits per heavy atom. The van der Waals surface area contributed by atoms with Gasteiger partial charge in [-0.15, -0.1) is 0 Å². The van der Waals surface area contributed by atoms with E-state index in [0.29, 0.717) is 13.0 Å². The quantitative estimate of drug-likeness (QED) is 0.0378. The van der Waals surface area contributed by atoms with Crippen LogP contribution >= 0.6 is 0 Å². The molecule has 0 aliphatic heterocycles. The molecule has 0 heterocycles. The minimum atomic E-state index is 0.0225. The minimum absolute atomic E-state index is 0.0225. The van der Waals surface area contributed by atoms with E-state index >= 15 is 0 Å². The van der Waals surface area contributed by atoms with Gasteiger partial charge in [-0.1, -0.05) is 199 Å². The van der Waals surface area contributed by atoms with Gasteiger partial charge in [0.1, 0.15) is 0 Å². The summed E-state index contributed by atoms with van der Waals surface area (Å²) in [5.41, 5.74) is 0. The molecule has 0 bridgehead atoms. The third kappa shape index (κ3) is 41.0. The van der Waals surface area contributed by atoms with Gasteiger partial charge in [-0.2, -0.15) is 0 Å². The van der Waals surface area contributed by atoms with E-state index < -0.39 is 0 Å². The summed E-state index contributed by atoms with van der Waals surface area (Å²) in [6, 6.07) is 0. The lowest BCUT2D eigenvalue weighted by atomic mass is 10.0. The zero-order valence-electron chi connectivity index (χ0n) is 31.8. The molecule has 0 rings (SSSR count). The normalized spacial score (nSPS) is 11.8. The van der Waals surface area contributed by atoms with Gasteiger partial charge in [0.2, 0.25) is 0 Å².